The smallest absolute Gasteiger partial charge is 0.0548 e. The van der Waals surface area contributed by atoms with Gasteiger partial charge in [0.25, 0.3) is 0 Å². The molecule has 4 nitrogen and oxygen atoms in total. The Kier molecular flexibility index (Phi) is 13.9. The van der Waals surface area contributed by atoms with Crippen LogP contribution in [0.5, 0.6) is 0 Å². The molecule has 0 saturated carbocycles. The molecule has 0 fully saturated rings. The second-order valence-corrected chi connectivity index (χ2v) is 28.0. The van der Waals surface area contributed by atoms with Crippen LogP contribution in [0.25, 0.3) is 177 Å². The predicted octanol–water partition coefficient (Wildman–Crippen LogP) is 26.4. The SMILES string of the molecule is CC1(C)c2ccccc2-c2ccc(-n3c4ccccc4c4cc5c(cc43)c3ccccc3n5-c3ccc(-c4cccc(-c5ccccc5)c4)cc3)cc21.c1ccc(-c2ccc(-c3cccc(-n4c5ccccc5c5cc6c(cc54)c4ccccc4n6-c4ccc(-c5ccccc5)cc4)c3)cc2)cc1. The molecular weight excluding hydrogens is 1250 g/mol. The first-order chi connectivity index (χ1) is 50.8. The Balaban J connectivity index is 0.000000138. The zero-order valence-corrected chi connectivity index (χ0v) is 57.1. The standard InChI is InChI=1S/C51H36N2.C48H32N2/c1-51(2)45-20-9-6-17-39(45)40-28-27-38(30-46(40)51)53-48-22-11-8-19-42(48)44-31-49-43(32-50(44)53)41-18-7-10-21-47(41)52(49)37-25-23-34(24-26-37)36-16-12-15-35(29-36)33-13-4-3-5-14-33;1-3-12-33(13-4-1)35-22-24-37(25-23-35)38-16-11-17-40(30-38)50-46-21-10-8-19-42(46)44-31-47-43(32-48(44)50)41-18-7-9-20-45(41)49(47)39-28-26-36(27-29-39)34-14-5-2-6-15-34/h3-32H,1-2H3;1-32H. The molecule has 16 aromatic carbocycles. The number of hydrogen-bond acceptors (Lipinski definition) is 0. The van der Waals surface area contributed by atoms with Gasteiger partial charge >= 0.3 is 0 Å². The molecule has 21 rings (SSSR count). The van der Waals surface area contributed by atoms with E-state index in [0.29, 0.717) is 0 Å². The monoisotopic (exact) mass is 1310 g/mol. The molecule has 20 aromatic rings. The zero-order chi connectivity index (χ0) is 68.3. The van der Waals surface area contributed by atoms with Crippen molar-refractivity contribution in [1.29, 1.82) is 0 Å². The fourth-order valence-electron chi connectivity index (χ4n) is 16.9. The Bertz CT molecular complexity index is 6700. The van der Waals surface area contributed by atoms with E-state index >= 15 is 0 Å². The second kappa shape index (κ2) is 24.0. The lowest BCUT2D eigenvalue weighted by Gasteiger charge is -2.22. The number of rotatable bonds is 9. The number of nitrogens with zero attached hydrogens (tertiary/aromatic N) is 4. The van der Waals surface area contributed by atoms with Gasteiger partial charge in [0.2, 0.25) is 0 Å². The van der Waals surface area contributed by atoms with Crippen molar-refractivity contribution >= 4 is 87.2 Å². The van der Waals surface area contributed by atoms with Crippen molar-refractivity contribution in [2.45, 2.75) is 19.3 Å². The summed E-state index contributed by atoms with van der Waals surface area (Å²) in [4.78, 5) is 0. The summed E-state index contributed by atoms with van der Waals surface area (Å²) in [6.45, 7) is 4.72. The van der Waals surface area contributed by atoms with Crippen LogP contribution in [0.3, 0.4) is 0 Å². The van der Waals surface area contributed by atoms with E-state index in [4.69, 9.17) is 0 Å². The lowest BCUT2D eigenvalue weighted by Crippen LogP contribution is -2.15. The van der Waals surface area contributed by atoms with Crippen LogP contribution in [-0.2, 0) is 5.41 Å². The van der Waals surface area contributed by atoms with Crippen LogP contribution in [0.1, 0.15) is 25.0 Å². The summed E-state index contributed by atoms with van der Waals surface area (Å²) in [5.41, 5.74) is 32.0. The minimum Gasteiger partial charge on any atom is -0.309 e. The molecule has 4 heterocycles. The first-order valence-corrected chi connectivity index (χ1v) is 35.7. The maximum absolute atomic E-state index is 2.48. The number of para-hydroxylation sites is 4. The van der Waals surface area contributed by atoms with E-state index in [0.717, 1.165) is 17.1 Å². The molecule has 4 aromatic heterocycles. The third kappa shape index (κ3) is 9.82. The van der Waals surface area contributed by atoms with Gasteiger partial charge in [-0.1, -0.05) is 287 Å². The van der Waals surface area contributed by atoms with Gasteiger partial charge in [-0.15, -0.1) is 0 Å². The molecule has 0 N–H and O–H groups in total. The van der Waals surface area contributed by atoms with E-state index in [9.17, 15) is 0 Å². The summed E-state index contributed by atoms with van der Waals surface area (Å²) in [5, 5.41) is 10.0. The predicted molar refractivity (Wildman–Crippen MR) is 435 cm³/mol. The topological polar surface area (TPSA) is 19.7 Å². The molecule has 0 unspecified atom stereocenters. The third-order valence-corrected chi connectivity index (χ3v) is 21.8. The molecule has 4 heteroatoms. The van der Waals surface area contributed by atoms with Gasteiger partial charge in [0, 0.05) is 71.3 Å². The van der Waals surface area contributed by atoms with Gasteiger partial charge in [-0.2, -0.15) is 0 Å². The summed E-state index contributed by atoms with van der Waals surface area (Å²) in [6, 6.07) is 137. The molecule has 0 spiro atoms. The molecule has 0 radical (unpaired) electrons. The molecule has 1 aliphatic rings. The van der Waals surface area contributed by atoms with Crippen molar-refractivity contribution in [3.8, 4) is 89.5 Å². The van der Waals surface area contributed by atoms with Gasteiger partial charge in [0.05, 0.1) is 44.1 Å². The molecule has 0 bridgehead atoms. The highest BCUT2D eigenvalue weighted by molar-refractivity contribution is 6.21. The maximum atomic E-state index is 2.48. The fraction of sp³-hybridized carbons (Fsp3) is 0.0303. The quantitative estimate of drug-likeness (QED) is 0.137. The van der Waals surface area contributed by atoms with Crippen LogP contribution in [0.15, 0.2) is 376 Å². The molecule has 484 valence electrons. The minimum atomic E-state index is -0.0678. The lowest BCUT2D eigenvalue weighted by atomic mass is 9.82. The Labute approximate surface area is 597 Å². The summed E-state index contributed by atoms with van der Waals surface area (Å²) < 4.78 is 9.78. The van der Waals surface area contributed by atoms with E-state index in [-0.39, 0.29) is 5.41 Å². The van der Waals surface area contributed by atoms with Gasteiger partial charge in [0.15, 0.2) is 0 Å². The Morgan fingerprint density at radius 3 is 0.874 bits per heavy atom. The average Bonchev–Trinajstić information content (AvgIpc) is 1.56. The molecule has 0 saturated heterocycles. The molecular formula is C99H68N4. The molecule has 0 atom stereocenters. The Morgan fingerprint density at radius 2 is 0.447 bits per heavy atom. The van der Waals surface area contributed by atoms with Crippen LogP contribution < -0.4 is 0 Å². The van der Waals surface area contributed by atoms with Gasteiger partial charge in [-0.25, -0.2) is 0 Å². The van der Waals surface area contributed by atoms with Crippen molar-refractivity contribution in [2.75, 3.05) is 0 Å². The van der Waals surface area contributed by atoms with Crippen LogP contribution in [0, 0.1) is 0 Å². The van der Waals surface area contributed by atoms with Gasteiger partial charge in [-0.05, 0) is 181 Å². The van der Waals surface area contributed by atoms with Gasteiger partial charge < -0.3 is 18.3 Å². The number of hydrogen-bond donors (Lipinski definition) is 0. The van der Waals surface area contributed by atoms with Crippen LogP contribution >= 0.6 is 0 Å². The van der Waals surface area contributed by atoms with E-state index in [2.05, 4.69) is 408 Å². The summed E-state index contributed by atoms with van der Waals surface area (Å²) in [7, 11) is 0. The number of benzene rings is 16. The molecule has 1 aliphatic carbocycles. The summed E-state index contributed by atoms with van der Waals surface area (Å²) >= 11 is 0. The molecule has 0 amide bonds. The third-order valence-electron chi connectivity index (χ3n) is 21.8. The van der Waals surface area contributed by atoms with E-state index in [1.807, 2.05) is 0 Å². The fourth-order valence-corrected chi connectivity index (χ4v) is 16.9. The van der Waals surface area contributed by atoms with E-state index in [1.54, 1.807) is 0 Å². The number of aromatic nitrogens is 4. The normalized spacial score (nSPS) is 12.4. The minimum absolute atomic E-state index is 0.0678. The lowest BCUT2D eigenvalue weighted by molar-refractivity contribution is 0.660. The van der Waals surface area contributed by atoms with Crippen LogP contribution in [0.4, 0.5) is 0 Å². The van der Waals surface area contributed by atoms with Crippen molar-refractivity contribution in [2.24, 2.45) is 0 Å². The van der Waals surface area contributed by atoms with E-state index in [1.165, 1.54) is 171 Å². The highest BCUT2D eigenvalue weighted by Gasteiger charge is 2.36. The van der Waals surface area contributed by atoms with Crippen LogP contribution in [-0.4, -0.2) is 18.3 Å². The highest BCUT2D eigenvalue weighted by Crippen LogP contribution is 2.50. The van der Waals surface area contributed by atoms with Crippen molar-refractivity contribution in [1.82, 2.24) is 18.3 Å². The first kappa shape index (κ1) is 59.7. The zero-order valence-electron chi connectivity index (χ0n) is 57.1. The van der Waals surface area contributed by atoms with Crippen molar-refractivity contribution in [3.05, 3.63) is 387 Å². The number of fused-ring (bicyclic) bond motifs is 15. The Hall–Kier alpha value is -13.3. The maximum Gasteiger partial charge on any atom is 0.0548 e. The average molecular weight is 1310 g/mol. The van der Waals surface area contributed by atoms with E-state index < -0.39 is 0 Å². The first-order valence-electron chi connectivity index (χ1n) is 35.7. The summed E-state index contributed by atoms with van der Waals surface area (Å²) in [6.07, 6.45) is 0. The van der Waals surface area contributed by atoms with Crippen molar-refractivity contribution in [3.63, 3.8) is 0 Å². The second-order valence-electron chi connectivity index (χ2n) is 28.0. The Morgan fingerprint density at radius 1 is 0.165 bits per heavy atom. The largest absolute Gasteiger partial charge is 0.309 e. The highest BCUT2D eigenvalue weighted by atomic mass is 15.0. The van der Waals surface area contributed by atoms with Gasteiger partial charge in [-0.3, -0.25) is 0 Å². The van der Waals surface area contributed by atoms with Gasteiger partial charge in [0.1, 0.15) is 0 Å². The van der Waals surface area contributed by atoms with Crippen LogP contribution in [0.2, 0.25) is 0 Å². The molecule has 103 heavy (non-hydrogen) atoms. The molecule has 0 aliphatic heterocycles. The van der Waals surface area contributed by atoms with Crippen molar-refractivity contribution < 1.29 is 0 Å². The summed E-state index contributed by atoms with van der Waals surface area (Å²) in [5.74, 6) is 0.